The molecule has 3 rings (SSSR count). The topological polar surface area (TPSA) is 97.2 Å². The van der Waals surface area contributed by atoms with Crippen LogP contribution < -0.4 is 4.72 Å². The number of halogens is 2. The zero-order valence-electron chi connectivity index (χ0n) is 13.7. The molecule has 2 heterocycles. The number of hydrogen-bond donors (Lipinski definition) is 1. The molecule has 1 aromatic heterocycles. The fourth-order valence-electron chi connectivity index (χ4n) is 2.86. The Morgan fingerprint density at radius 2 is 2.04 bits per heavy atom. The van der Waals surface area contributed by atoms with Crippen LogP contribution >= 0.6 is 23.2 Å². The Labute approximate surface area is 161 Å². The summed E-state index contributed by atoms with van der Waals surface area (Å²) in [6, 6.07) is 4.55. The second kappa shape index (κ2) is 7.91. The van der Waals surface area contributed by atoms with Gasteiger partial charge in [0, 0.05) is 32.3 Å². The second-order valence-corrected chi connectivity index (χ2v) is 8.38. The third-order valence-corrected chi connectivity index (χ3v) is 6.57. The van der Waals surface area contributed by atoms with E-state index in [4.69, 9.17) is 23.2 Å². The van der Waals surface area contributed by atoms with Gasteiger partial charge in [0.15, 0.2) is 0 Å². The minimum absolute atomic E-state index is 0.0338. The highest BCUT2D eigenvalue weighted by Crippen LogP contribution is 2.28. The van der Waals surface area contributed by atoms with Crippen LogP contribution in [-0.2, 0) is 14.8 Å². The van der Waals surface area contributed by atoms with Gasteiger partial charge in [0.1, 0.15) is 4.90 Å². The van der Waals surface area contributed by atoms with Gasteiger partial charge in [0.05, 0.1) is 22.3 Å². The maximum atomic E-state index is 12.4. The van der Waals surface area contributed by atoms with Crippen molar-refractivity contribution in [1.82, 2.24) is 24.6 Å². The Balaban J connectivity index is 1.54. The SMILES string of the molecule is O=C(CCNS(=O)(=O)c1c(Cl)cccc1Cl)N1CCC(n2ccnn2)C1. The summed E-state index contributed by atoms with van der Waals surface area (Å²) in [5.74, 6) is -0.124. The van der Waals surface area contributed by atoms with Gasteiger partial charge < -0.3 is 4.90 Å². The van der Waals surface area contributed by atoms with E-state index < -0.39 is 10.0 Å². The minimum Gasteiger partial charge on any atom is -0.340 e. The molecule has 1 N–H and O–H groups in total. The van der Waals surface area contributed by atoms with Crippen LogP contribution in [0.2, 0.25) is 10.0 Å². The molecular formula is C15H17Cl2N5O3S. The first-order valence-electron chi connectivity index (χ1n) is 7.96. The van der Waals surface area contributed by atoms with Gasteiger partial charge in [0.2, 0.25) is 15.9 Å². The third kappa shape index (κ3) is 4.17. The summed E-state index contributed by atoms with van der Waals surface area (Å²) in [4.78, 5) is 13.8. The molecule has 8 nitrogen and oxygen atoms in total. The lowest BCUT2D eigenvalue weighted by molar-refractivity contribution is -0.130. The largest absolute Gasteiger partial charge is 0.340 e. The van der Waals surface area contributed by atoms with E-state index in [1.54, 1.807) is 28.0 Å². The lowest BCUT2D eigenvalue weighted by Gasteiger charge is -2.17. The molecule has 1 amide bonds. The minimum atomic E-state index is -3.89. The van der Waals surface area contributed by atoms with E-state index in [-0.39, 0.29) is 39.9 Å². The van der Waals surface area contributed by atoms with Crippen molar-refractivity contribution in [3.63, 3.8) is 0 Å². The van der Waals surface area contributed by atoms with Gasteiger partial charge in [-0.15, -0.1) is 5.10 Å². The molecular weight excluding hydrogens is 401 g/mol. The average Bonchev–Trinajstić information content (AvgIpc) is 3.25. The number of amides is 1. The number of benzene rings is 1. The standard InChI is InChI=1S/C15H17Cl2N5O3S/c16-12-2-1-3-13(17)15(12)26(24,25)19-6-4-14(23)21-8-5-11(10-21)22-9-7-18-20-22/h1-3,7,9,11,19H,4-6,8,10H2. The van der Waals surface area contributed by atoms with Crippen molar-refractivity contribution < 1.29 is 13.2 Å². The number of nitrogens with zero attached hydrogens (tertiary/aromatic N) is 4. The van der Waals surface area contributed by atoms with Crippen LogP contribution in [0.5, 0.6) is 0 Å². The van der Waals surface area contributed by atoms with E-state index in [2.05, 4.69) is 15.0 Å². The van der Waals surface area contributed by atoms with Crippen LogP contribution in [0.4, 0.5) is 0 Å². The number of rotatable bonds is 6. The number of nitrogens with one attached hydrogen (secondary N) is 1. The van der Waals surface area contributed by atoms with Gasteiger partial charge in [-0.2, -0.15) is 0 Å². The van der Waals surface area contributed by atoms with Crippen LogP contribution in [-0.4, -0.2) is 53.9 Å². The predicted molar refractivity (Wildman–Crippen MR) is 96.5 cm³/mol. The van der Waals surface area contributed by atoms with Gasteiger partial charge in [-0.25, -0.2) is 17.8 Å². The molecule has 11 heteroatoms. The van der Waals surface area contributed by atoms with Crippen LogP contribution in [0, 0.1) is 0 Å². The number of likely N-dealkylation sites (tertiary alicyclic amines) is 1. The van der Waals surface area contributed by atoms with Crippen LogP contribution in [0.15, 0.2) is 35.5 Å². The molecule has 1 atom stereocenters. The fraction of sp³-hybridized carbons (Fsp3) is 0.400. The third-order valence-electron chi connectivity index (χ3n) is 4.15. The van der Waals surface area contributed by atoms with Crippen LogP contribution in [0.25, 0.3) is 0 Å². The molecule has 1 saturated heterocycles. The quantitative estimate of drug-likeness (QED) is 0.771. The summed E-state index contributed by atoms with van der Waals surface area (Å²) in [5.41, 5.74) is 0. The molecule has 26 heavy (non-hydrogen) atoms. The van der Waals surface area contributed by atoms with E-state index in [9.17, 15) is 13.2 Å². The molecule has 0 spiro atoms. The molecule has 1 fully saturated rings. The fourth-order valence-corrected chi connectivity index (χ4v) is 5.03. The molecule has 140 valence electrons. The highest BCUT2D eigenvalue weighted by molar-refractivity contribution is 7.89. The summed E-state index contributed by atoms with van der Waals surface area (Å²) in [5, 5.41) is 7.78. The Kier molecular flexibility index (Phi) is 5.81. The number of aromatic nitrogens is 3. The first kappa shape index (κ1) is 19.1. The highest BCUT2D eigenvalue weighted by atomic mass is 35.5. The lowest BCUT2D eigenvalue weighted by atomic mass is 10.3. The molecule has 0 saturated carbocycles. The first-order chi connectivity index (χ1) is 12.4. The van der Waals surface area contributed by atoms with Crippen molar-refractivity contribution >= 4 is 39.1 Å². The van der Waals surface area contributed by atoms with Crippen molar-refractivity contribution in [2.24, 2.45) is 0 Å². The van der Waals surface area contributed by atoms with Gasteiger partial charge in [-0.1, -0.05) is 34.5 Å². The summed E-state index contributed by atoms with van der Waals surface area (Å²) in [6.07, 6.45) is 4.20. The van der Waals surface area contributed by atoms with Crippen molar-refractivity contribution in [2.45, 2.75) is 23.8 Å². The van der Waals surface area contributed by atoms with E-state index in [0.29, 0.717) is 13.1 Å². The average molecular weight is 418 g/mol. The summed E-state index contributed by atoms with van der Waals surface area (Å²) in [7, 11) is -3.89. The lowest BCUT2D eigenvalue weighted by Crippen LogP contribution is -2.33. The number of hydrogen-bond acceptors (Lipinski definition) is 5. The van der Waals surface area contributed by atoms with Crippen molar-refractivity contribution in [3.8, 4) is 0 Å². The zero-order valence-corrected chi connectivity index (χ0v) is 16.0. The highest BCUT2D eigenvalue weighted by Gasteiger charge is 2.28. The van der Waals surface area contributed by atoms with E-state index >= 15 is 0 Å². The van der Waals surface area contributed by atoms with Gasteiger partial charge in [0.25, 0.3) is 0 Å². The Morgan fingerprint density at radius 3 is 2.69 bits per heavy atom. The maximum Gasteiger partial charge on any atom is 0.243 e. The normalized spacial score (nSPS) is 17.6. The summed E-state index contributed by atoms with van der Waals surface area (Å²) in [6.45, 7) is 1.10. The molecule has 1 aromatic carbocycles. The zero-order chi connectivity index (χ0) is 18.7. The molecule has 2 aromatic rings. The van der Waals surface area contributed by atoms with E-state index in [1.165, 1.54) is 12.1 Å². The molecule has 1 aliphatic rings. The van der Waals surface area contributed by atoms with Crippen molar-refractivity contribution in [3.05, 3.63) is 40.6 Å². The molecule has 0 aliphatic carbocycles. The van der Waals surface area contributed by atoms with Crippen molar-refractivity contribution in [1.29, 1.82) is 0 Å². The van der Waals surface area contributed by atoms with Gasteiger partial charge in [-0.05, 0) is 18.6 Å². The molecule has 0 bridgehead atoms. The Morgan fingerprint density at radius 1 is 1.31 bits per heavy atom. The van der Waals surface area contributed by atoms with Gasteiger partial charge >= 0.3 is 0 Å². The van der Waals surface area contributed by atoms with Crippen LogP contribution in [0.1, 0.15) is 18.9 Å². The summed E-state index contributed by atoms with van der Waals surface area (Å²) >= 11 is 11.9. The molecule has 0 radical (unpaired) electrons. The number of carbonyl (C=O) groups is 1. The van der Waals surface area contributed by atoms with Gasteiger partial charge in [-0.3, -0.25) is 4.79 Å². The van der Waals surface area contributed by atoms with Crippen molar-refractivity contribution in [2.75, 3.05) is 19.6 Å². The first-order valence-corrected chi connectivity index (χ1v) is 10.2. The molecule has 1 unspecified atom stereocenters. The van der Waals surface area contributed by atoms with E-state index in [0.717, 1.165) is 6.42 Å². The number of carbonyl (C=O) groups excluding carboxylic acids is 1. The van der Waals surface area contributed by atoms with E-state index in [1.807, 2.05) is 0 Å². The monoisotopic (exact) mass is 417 g/mol. The molecule has 1 aliphatic heterocycles. The predicted octanol–water partition coefficient (Wildman–Crippen LogP) is 1.73. The smallest absolute Gasteiger partial charge is 0.243 e. The second-order valence-electron chi connectivity index (χ2n) is 5.86. The Hall–Kier alpha value is -1.68. The van der Waals surface area contributed by atoms with Crippen LogP contribution in [0.3, 0.4) is 0 Å². The maximum absolute atomic E-state index is 12.4. The summed E-state index contributed by atoms with van der Waals surface area (Å²) < 4.78 is 28.8. The Bertz CT molecular complexity index is 868. The number of sulfonamides is 1.